The number of anilines is 1. The van der Waals surface area contributed by atoms with Crippen LogP contribution in [0, 0.1) is 5.92 Å². The van der Waals surface area contributed by atoms with Gasteiger partial charge in [-0.05, 0) is 42.7 Å². The molecule has 0 aliphatic carbocycles. The van der Waals surface area contributed by atoms with Crippen LogP contribution < -0.4 is 10.2 Å². The Morgan fingerprint density at radius 3 is 2.62 bits per heavy atom. The lowest BCUT2D eigenvalue weighted by Gasteiger charge is -2.17. The zero-order valence-corrected chi connectivity index (χ0v) is 15.7. The van der Waals surface area contributed by atoms with Gasteiger partial charge in [0, 0.05) is 28.4 Å². The Morgan fingerprint density at radius 1 is 1.27 bits per heavy atom. The highest BCUT2D eigenvalue weighted by Crippen LogP contribution is 2.27. The summed E-state index contributed by atoms with van der Waals surface area (Å²) in [6.07, 6.45) is 2.17. The van der Waals surface area contributed by atoms with Crippen molar-refractivity contribution in [3.05, 3.63) is 46.2 Å². The van der Waals surface area contributed by atoms with E-state index < -0.39 is 11.9 Å². The zero-order valence-electron chi connectivity index (χ0n) is 14.1. The number of nitrogens with one attached hydrogen (secondary N) is 1. The van der Waals surface area contributed by atoms with Crippen LogP contribution in [-0.4, -0.2) is 35.7 Å². The quantitative estimate of drug-likeness (QED) is 0.741. The molecule has 3 rings (SSSR count). The Hall–Kier alpha value is -2.32. The van der Waals surface area contributed by atoms with Gasteiger partial charge in [0.25, 0.3) is 0 Å². The second kappa shape index (κ2) is 7.92. The number of carbonyl (C=O) groups excluding carboxylic acids is 2. The first kappa shape index (κ1) is 18.5. The Balaban J connectivity index is 1.58. The van der Waals surface area contributed by atoms with Crippen LogP contribution in [0.2, 0.25) is 0 Å². The highest BCUT2D eigenvalue weighted by Gasteiger charge is 2.35. The highest BCUT2D eigenvalue weighted by molar-refractivity contribution is 7.98. The number of carboxylic acid groups (broad SMARTS) is 1. The van der Waals surface area contributed by atoms with E-state index in [-0.39, 0.29) is 29.7 Å². The van der Waals surface area contributed by atoms with E-state index in [1.165, 1.54) is 6.07 Å². The van der Waals surface area contributed by atoms with E-state index in [0.717, 1.165) is 26.8 Å². The molecule has 1 unspecified atom stereocenters. The summed E-state index contributed by atoms with van der Waals surface area (Å²) in [4.78, 5) is 39.3. The molecule has 2 heterocycles. The van der Waals surface area contributed by atoms with Crippen LogP contribution in [0.1, 0.15) is 21.0 Å². The van der Waals surface area contributed by atoms with Gasteiger partial charge in [-0.15, -0.1) is 23.1 Å². The van der Waals surface area contributed by atoms with Crippen molar-refractivity contribution in [1.82, 2.24) is 5.32 Å². The van der Waals surface area contributed by atoms with Gasteiger partial charge >= 0.3 is 5.97 Å². The molecule has 1 aromatic heterocycles. The molecule has 1 saturated heterocycles. The largest absolute Gasteiger partial charge is 0.477 e. The number of aromatic carboxylic acids is 1. The van der Waals surface area contributed by atoms with Gasteiger partial charge in [-0.3, -0.25) is 9.59 Å². The van der Waals surface area contributed by atoms with E-state index >= 15 is 0 Å². The number of hydrogen-bond donors (Lipinski definition) is 2. The van der Waals surface area contributed by atoms with Crippen LogP contribution in [0.15, 0.2) is 41.3 Å². The number of hydrogen-bond acceptors (Lipinski definition) is 5. The molecule has 2 amide bonds. The number of thioether (sulfide) groups is 1. The molecule has 2 N–H and O–H groups in total. The van der Waals surface area contributed by atoms with Gasteiger partial charge < -0.3 is 15.3 Å². The molecule has 136 valence electrons. The summed E-state index contributed by atoms with van der Waals surface area (Å²) in [5.41, 5.74) is 0.799. The minimum atomic E-state index is -0.975. The van der Waals surface area contributed by atoms with Crippen molar-refractivity contribution >= 4 is 46.6 Å². The molecule has 26 heavy (non-hydrogen) atoms. The van der Waals surface area contributed by atoms with Gasteiger partial charge in [0.05, 0.1) is 12.5 Å². The molecule has 8 heteroatoms. The summed E-state index contributed by atoms with van der Waals surface area (Å²) in [5.74, 6) is -1.63. The maximum atomic E-state index is 12.4. The monoisotopic (exact) mass is 390 g/mol. The maximum Gasteiger partial charge on any atom is 0.345 e. The molecule has 2 aromatic rings. The maximum absolute atomic E-state index is 12.4. The lowest BCUT2D eigenvalue weighted by atomic mass is 10.1. The Bertz CT molecular complexity index is 832. The summed E-state index contributed by atoms with van der Waals surface area (Å²) in [6.45, 7) is 0.623. The van der Waals surface area contributed by atoms with Crippen molar-refractivity contribution in [1.29, 1.82) is 0 Å². The number of carbonyl (C=O) groups is 3. The fraction of sp³-hybridized carbons (Fsp3) is 0.278. The average Bonchev–Trinajstić information content (AvgIpc) is 3.27. The van der Waals surface area contributed by atoms with Crippen molar-refractivity contribution < 1.29 is 19.5 Å². The molecule has 1 aliphatic heterocycles. The lowest BCUT2D eigenvalue weighted by molar-refractivity contribution is -0.126. The van der Waals surface area contributed by atoms with Crippen LogP contribution in [0.25, 0.3) is 0 Å². The molecular formula is C18H18N2O4S2. The van der Waals surface area contributed by atoms with E-state index in [0.29, 0.717) is 6.54 Å². The molecular weight excluding hydrogens is 372 g/mol. The first-order valence-corrected chi connectivity index (χ1v) is 10.1. The van der Waals surface area contributed by atoms with E-state index in [2.05, 4.69) is 5.32 Å². The molecule has 0 radical (unpaired) electrons. The van der Waals surface area contributed by atoms with Crippen molar-refractivity contribution in [2.75, 3.05) is 17.7 Å². The fourth-order valence-electron chi connectivity index (χ4n) is 2.80. The molecule has 0 spiro atoms. The predicted molar refractivity (Wildman–Crippen MR) is 102 cm³/mol. The molecule has 1 aliphatic rings. The summed E-state index contributed by atoms with van der Waals surface area (Å²) in [6, 6.07) is 10.9. The third-order valence-corrected chi connectivity index (χ3v) is 6.01. The van der Waals surface area contributed by atoms with Crippen molar-refractivity contribution in [2.24, 2.45) is 5.92 Å². The van der Waals surface area contributed by atoms with Crippen LogP contribution >= 0.6 is 23.1 Å². The Labute approximate surface area is 159 Å². The number of benzene rings is 1. The van der Waals surface area contributed by atoms with E-state index in [1.54, 1.807) is 22.7 Å². The van der Waals surface area contributed by atoms with E-state index in [1.807, 2.05) is 30.5 Å². The predicted octanol–water partition coefficient (Wildman–Crippen LogP) is 2.84. The topological polar surface area (TPSA) is 86.7 Å². The normalized spacial score (nSPS) is 16.7. The third-order valence-electron chi connectivity index (χ3n) is 4.19. The summed E-state index contributed by atoms with van der Waals surface area (Å²) in [5, 5.41) is 11.7. The van der Waals surface area contributed by atoms with E-state index in [9.17, 15) is 14.4 Å². The number of carboxylic acids is 1. The molecule has 1 aromatic carbocycles. The van der Waals surface area contributed by atoms with Gasteiger partial charge in [0.1, 0.15) is 4.88 Å². The summed E-state index contributed by atoms with van der Waals surface area (Å²) >= 11 is 2.76. The molecule has 1 fully saturated rings. The zero-order chi connectivity index (χ0) is 18.7. The number of nitrogens with zero attached hydrogens (tertiary/aromatic N) is 1. The van der Waals surface area contributed by atoms with Gasteiger partial charge in [-0.1, -0.05) is 0 Å². The van der Waals surface area contributed by atoms with Gasteiger partial charge in [-0.2, -0.15) is 0 Å². The molecule has 6 nitrogen and oxygen atoms in total. The molecule has 0 bridgehead atoms. The Kier molecular flexibility index (Phi) is 5.63. The van der Waals surface area contributed by atoms with Crippen LogP contribution in [0.4, 0.5) is 5.69 Å². The van der Waals surface area contributed by atoms with Crippen LogP contribution in [0.3, 0.4) is 0 Å². The minimum Gasteiger partial charge on any atom is -0.477 e. The average molecular weight is 390 g/mol. The summed E-state index contributed by atoms with van der Waals surface area (Å²) in [7, 11) is 0. The Morgan fingerprint density at radius 2 is 2.00 bits per heavy atom. The standard InChI is InChI=1S/C18H18N2O4S2/c1-25-13-4-2-12(3-5-13)20-10-11(8-16(20)21)17(22)19-9-14-6-7-15(26-14)18(23)24/h2-7,11H,8-10H2,1H3,(H,19,22)(H,23,24). The minimum absolute atomic E-state index is 0.0636. The smallest absolute Gasteiger partial charge is 0.345 e. The second-order valence-electron chi connectivity index (χ2n) is 5.89. The lowest BCUT2D eigenvalue weighted by Crippen LogP contribution is -2.32. The van der Waals surface area contributed by atoms with Crippen molar-refractivity contribution in [3.8, 4) is 0 Å². The van der Waals surface area contributed by atoms with Gasteiger partial charge in [0.15, 0.2) is 0 Å². The number of rotatable bonds is 6. The van der Waals surface area contributed by atoms with Gasteiger partial charge in [0.2, 0.25) is 11.8 Å². The van der Waals surface area contributed by atoms with Crippen LogP contribution in [0.5, 0.6) is 0 Å². The summed E-state index contributed by atoms with van der Waals surface area (Å²) < 4.78 is 0. The van der Waals surface area contributed by atoms with Crippen molar-refractivity contribution in [2.45, 2.75) is 17.9 Å². The van der Waals surface area contributed by atoms with Gasteiger partial charge in [-0.25, -0.2) is 4.79 Å². The van der Waals surface area contributed by atoms with Crippen molar-refractivity contribution in [3.63, 3.8) is 0 Å². The molecule has 0 saturated carbocycles. The number of amides is 2. The first-order chi connectivity index (χ1) is 12.5. The SMILES string of the molecule is CSc1ccc(N2CC(C(=O)NCc3ccc(C(=O)O)s3)CC2=O)cc1. The van der Waals surface area contributed by atoms with E-state index in [4.69, 9.17) is 5.11 Å². The molecule has 1 atom stereocenters. The number of thiophene rings is 1. The van der Waals surface area contributed by atoms with Crippen LogP contribution in [-0.2, 0) is 16.1 Å². The highest BCUT2D eigenvalue weighted by atomic mass is 32.2. The third kappa shape index (κ3) is 4.08. The first-order valence-electron chi connectivity index (χ1n) is 8.02. The second-order valence-corrected chi connectivity index (χ2v) is 7.94. The fourth-order valence-corrected chi connectivity index (χ4v) is 4.00.